The molecule has 1 heterocycles. The van der Waals surface area contributed by atoms with Crippen molar-refractivity contribution in [2.24, 2.45) is 0 Å². The molecular formula is C12H19N3O3S. The Bertz CT molecular complexity index is 434. The lowest BCUT2D eigenvalue weighted by atomic mass is 10.3. The molecule has 0 aliphatic carbocycles. The minimum absolute atomic E-state index is 0.0713. The van der Waals surface area contributed by atoms with Crippen LogP contribution in [0.2, 0.25) is 0 Å². The Hall–Kier alpha value is -1.47. The maximum absolute atomic E-state index is 12.2. The average molecular weight is 285 g/mol. The van der Waals surface area contributed by atoms with Gasteiger partial charge in [-0.3, -0.25) is 9.59 Å². The second kappa shape index (κ2) is 7.85. The molecule has 0 saturated heterocycles. The van der Waals surface area contributed by atoms with Gasteiger partial charge in [-0.05, 0) is 6.42 Å². The van der Waals surface area contributed by atoms with E-state index in [9.17, 15) is 9.59 Å². The molecule has 0 aliphatic rings. The summed E-state index contributed by atoms with van der Waals surface area (Å²) in [5.41, 5.74) is 0.304. The molecule has 0 saturated carbocycles. The molecule has 1 aromatic rings. The topological polar surface area (TPSA) is 82.5 Å². The maximum Gasteiger partial charge on any atom is 0.273 e. The number of hydrogen-bond acceptors (Lipinski definition) is 5. The molecule has 0 aromatic carbocycles. The lowest BCUT2D eigenvalue weighted by Gasteiger charge is -2.20. The van der Waals surface area contributed by atoms with Crippen LogP contribution in [-0.4, -0.2) is 46.5 Å². The number of carbonyl (C=O) groups is 2. The lowest BCUT2D eigenvalue weighted by molar-refractivity contribution is -0.114. The normalized spacial score (nSPS) is 10.3. The molecule has 2 amide bonds. The van der Waals surface area contributed by atoms with Gasteiger partial charge >= 0.3 is 0 Å². The van der Waals surface area contributed by atoms with Gasteiger partial charge in [0.15, 0.2) is 5.13 Å². The highest BCUT2D eigenvalue weighted by atomic mass is 32.1. The molecule has 1 aromatic heterocycles. The second-order valence-corrected chi connectivity index (χ2v) is 4.95. The molecule has 0 spiro atoms. The van der Waals surface area contributed by atoms with Crippen LogP contribution in [0, 0.1) is 0 Å². The van der Waals surface area contributed by atoms with Crippen molar-refractivity contribution in [2.75, 3.05) is 25.0 Å². The van der Waals surface area contributed by atoms with E-state index in [0.717, 1.165) is 12.8 Å². The summed E-state index contributed by atoms with van der Waals surface area (Å²) in [5.74, 6) is -0.429. The molecule has 7 heteroatoms. The summed E-state index contributed by atoms with van der Waals surface area (Å²) in [5, 5.41) is 13.6. The standard InChI is InChI=1S/C12H19N3O3S/c1-3-4-5-15(6-7-16)11(18)10-8-19-12(14-10)13-9(2)17/h8,16H,3-7H2,1-2H3,(H,13,14,17). The zero-order chi connectivity index (χ0) is 14.3. The quantitative estimate of drug-likeness (QED) is 0.792. The van der Waals surface area contributed by atoms with Crippen LogP contribution in [0.4, 0.5) is 5.13 Å². The molecule has 106 valence electrons. The monoisotopic (exact) mass is 285 g/mol. The summed E-state index contributed by atoms with van der Waals surface area (Å²) in [6.45, 7) is 4.26. The van der Waals surface area contributed by atoms with E-state index in [2.05, 4.69) is 10.3 Å². The molecule has 19 heavy (non-hydrogen) atoms. The smallest absolute Gasteiger partial charge is 0.273 e. The third-order valence-electron chi connectivity index (χ3n) is 2.44. The molecule has 0 radical (unpaired) electrons. The highest BCUT2D eigenvalue weighted by Gasteiger charge is 2.18. The van der Waals surface area contributed by atoms with E-state index in [1.165, 1.54) is 18.3 Å². The molecule has 2 N–H and O–H groups in total. The first-order chi connectivity index (χ1) is 9.08. The Kier molecular flexibility index (Phi) is 6.44. The largest absolute Gasteiger partial charge is 0.395 e. The number of anilines is 1. The zero-order valence-electron chi connectivity index (χ0n) is 11.2. The van der Waals surface area contributed by atoms with Crippen LogP contribution >= 0.6 is 11.3 Å². The molecule has 6 nitrogen and oxygen atoms in total. The van der Waals surface area contributed by atoms with E-state index >= 15 is 0 Å². The number of aliphatic hydroxyl groups excluding tert-OH is 1. The predicted octanol–water partition coefficient (Wildman–Crippen LogP) is 1.34. The fraction of sp³-hybridized carbons (Fsp3) is 0.583. The van der Waals surface area contributed by atoms with Crippen LogP contribution in [0.25, 0.3) is 0 Å². The summed E-state index contributed by atoms with van der Waals surface area (Å²) in [6.07, 6.45) is 1.86. The Balaban J connectivity index is 2.72. The van der Waals surface area contributed by atoms with E-state index in [1.807, 2.05) is 6.92 Å². The molecule has 0 atom stereocenters. The van der Waals surface area contributed by atoms with Crippen molar-refractivity contribution in [3.8, 4) is 0 Å². The van der Waals surface area contributed by atoms with Crippen LogP contribution in [0.3, 0.4) is 0 Å². The highest BCUT2D eigenvalue weighted by molar-refractivity contribution is 7.14. The molecule has 0 fully saturated rings. The fourth-order valence-corrected chi connectivity index (χ4v) is 2.26. The van der Waals surface area contributed by atoms with Gasteiger partial charge in [-0.15, -0.1) is 11.3 Å². The van der Waals surface area contributed by atoms with Crippen molar-refractivity contribution in [3.05, 3.63) is 11.1 Å². The number of rotatable bonds is 7. The third kappa shape index (κ3) is 4.96. The Morgan fingerprint density at radius 3 is 2.79 bits per heavy atom. The third-order valence-corrected chi connectivity index (χ3v) is 3.20. The second-order valence-electron chi connectivity index (χ2n) is 4.09. The van der Waals surface area contributed by atoms with Gasteiger partial charge < -0.3 is 15.3 Å². The molecule has 0 aliphatic heterocycles. The van der Waals surface area contributed by atoms with Gasteiger partial charge in [-0.2, -0.15) is 0 Å². The number of amides is 2. The Labute approximate surface area is 116 Å². The summed E-state index contributed by atoms with van der Waals surface area (Å²) in [4.78, 5) is 28.7. The molecule has 0 bridgehead atoms. The van der Waals surface area contributed by atoms with Crippen molar-refractivity contribution in [1.82, 2.24) is 9.88 Å². The lowest BCUT2D eigenvalue weighted by Crippen LogP contribution is -2.34. The van der Waals surface area contributed by atoms with E-state index in [0.29, 0.717) is 23.9 Å². The van der Waals surface area contributed by atoms with Crippen molar-refractivity contribution in [3.63, 3.8) is 0 Å². The number of aliphatic hydroxyl groups is 1. The van der Waals surface area contributed by atoms with Crippen molar-refractivity contribution < 1.29 is 14.7 Å². The van der Waals surface area contributed by atoms with E-state index in [-0.39, 0.29) is 18.4 Å². The van der Waals surface area contributed by atoms with Crippen LogP contribution in [0.1, 0.15) is 37.2 Å². The highest BCUT2D eigenvalue weighted by Crippen LogP contribution is 2.17. The van der Waals surface area contributed by atoms with Crippen LogP contribution in [0.5, 0.6) is 0 Å². The van der Waals surface area contributed by atoms with Crippen LogP contribution in [-0.2, 0) is 4.79 Å². The van der Waals surface area contributed by atoms with Gasteiger partial charge in [0.1, 0.15) is 5.69 Å². The van der Waals surface area contributed by atoms with Gasteiger partial charge in [0, 0.05) is 25.4 Å². The van der Waals surface area contributed by atoms with Crippen molar-refractivity contribution in [1.29, 1.82) is 0 Å². The number of carbonyl (C=O) groups excluding carboxylic acids is 2. The van der Waals surface area contributed by atoms with E-state index in [1.54, 1.807) is 10.3 Å². The van der Waals surface area contributed by atoms with Gasteiger partial charge in [0.05, 0.1) is 6.61 Å². The summed E-state index contributed by atoms with van der Waals surface area (Å²) < 4.78 is 0. The van der Waals surface area contributed by atoms with Crippen LogP contribution in [0.15, 0.2) is 5.38 Å². The summed E-state index contributed by atoms with van der Waals surface area (Å²) in [6, 6.07) is 0. The van der Waals surface area contributed by atoms with Crippen molar-refractivity contribution in [2.45, 2.75) is 26.7 Å². The summed E-state index contributed by atoms with van der Waals surface area (Å²) >= 11 is 1.21. The number of thiazole rings is 1. The Morgan fingerprint density at radius 1 is 1.47 bits per heavy atom. The fourth-order valence-electron chi connectivity index (χ4n) is 1.53. The zero-order valence-corrected chi connectivity index (χ0v) is 12.0. The molecule has 1 rings (SSSR count). The Morgan fingerprint density at radius 2 is 2.21 bits per heavy atom. The minimum Gasteiger partial charge on any atom is -0.395 e. The summed E-state index contributed by atoms with van der Waals surface area (Å²) in [7, 11) is 0. The first-order valence-electron chi connectivity index (χ1n) is 6.21. The number of nitrogens with zero attached hydrogens (tertiary/aromatic N) is 2. The number of hydrogen-bond donors (Lipinski definition) is 2. The average Bonchev–Trinajstić information content (AvgIpc) is 2.81. The maximum atomic E-state index is 12.2. The van der Waals surface area contributed by atoms with Gasteiger partial charge in [-0.25, -0.2) is 4.98 Å². The predicted molar refractivity (Wildman–Crippen MR) is 74.3 cm³/mol. The number of nitrogens with one attached hydrogen (secondary N) is 1. The number of unbranched alkanes of at least 4 members (excludes halogenated alkanes) is 1. The molecule has 0 unspecified atom stereocenters. The van der Waals surface area contributed by atoms with E-state index in [4.69, 9.17) is 5.11 Å². The van der Waals surface area contributed by atoms with Crippen molar-refractivity contribution >= 4 is 28.3 Å². The SMILES string of the molecule is CCCCN(CCO)C(=O)c1csc(NC(C)=O)n1. The van der Waals surface area contributed by atoms with Gasteiger partial charge in [-0.1, -0.05) is 13.3 Å². The van der Waals surface area contributed by atoms with E-state index < -0.39 is 0 Å². The van der Waals surface area contributed by atoms with Crippen LogP contribution < -0.4 is 5.32 Å². The number of aromatic nitrogens is 1. The first kappa shape index (κ1) is 15.6. The molecular weight excluding hydrogens is 266 g/mol. The van der Waals surface area contributed by atoms with Gasteiger partial charge in [0.2, 0.25) is 5.91 Å². The first-order valence-corrected chi connectivity index (χ1v) is 7.09. The van der Waals surface area contributed by atoms with Gasteiger partial charge in [0.25, 0.3) is 5.91 Å². The minimum atomic E-state index is -0.216.